The van der Waals surface area contributed by atoms with Crippen LogP contribution in [0.5, 0.6) is 5.75 Å². The van der Waals surface area contributed by atoms with E-state index in [0.717, 1.165) is 5.56 Å². The predicted octanol–water partition coefficient (Wildman–Crippen LogP) is 7.96. The Hall–Kier alpha value is -2.24. The molecule has 0 bridgehead atoms. The van der Waals surface area contributed by atoms with Crippen LogP contribution in [0.2, 0.25) is 0 Å². The van der Waals surface area contributed by atoms with Gasteiger partial charge in [0.1, 0.15) is 6.61 Å². The second-order valence-corrected chi connectivity index (χ2v) is 7.46. The molecule has 0 radical (unpaired) electrons. The molecule has 0 saturated heterocycles. The average Bonchev–Trinajstić information content (AvgIpc) is 2.93. The summed E-state index contributed by atoms with van der Waals surface area (Å²) in [5, 5.41) is 11.6. The van der Waals surface area contributed by atoms with Gasteiger partial charge >= 0.3 is 0 Å². The van der Waals surface area contributed by atoms with Crippen molar-refractivity contribution >= 4 is 5.78 Å². The number of ether oxygens (including phenoxy) is 1. The van der Waals surface area contributed by atoms with Crippen LogP contribution in [0.4, 0.5) is 4.39 Å². The fourth-order valence-electron chi connectivity index (χ4n) is 3.53. The topological polar surface area (TPSA) is 58.6 Å². The average molecular weight is 492 g/mol. The number of Topliss-reactive ketones (excluding diaryl/α,β-unsaturated/α-hetero) is 1. The molecule has 5 heteroatoms. The fourth-order valence-corrected chi connectivity index (χ4v) is 3.53. The molecule has 1 aliphatic rings. The Balaban J connectivity index is 0. The number of carbonyl (C=O) groups is 1. The molecule has 3 rings (SSSR count). The zero-order chi connectivity index (χ0) is 27.1. The van der Waals surface area contributed by atoms with Gasteiger partial charge in [0.25, 0.3) is 0 Å². The van der Waals surface area contributed by atoms with Gasteiger partial charge in [0.05, 0.1) is 5.56 Å². The minimum Gasteiger partial charge on any atom is -0.486 e. The van der Waals surface area contributed by atoms with Crippen molar-refractivity contribution in [3.8, 4) is 5.75 Å². The van der Waals surface area contributed by atoms with Gasteiger partial charge < -0.3 is 15.2 Å². The van der Waals surface area contributed by atoms with Crippen molar-refractivity contribution in [1.29, 1.82) is 0 Å². The molecule has 0 aromatic heterocycles. The number of hydrogen-bond donors (Lipinski definition) is 2. The van der Waals surface area contributed by atoms with Crippen molar-refractivity contribution in [1.82, 2.24) is 5.32 Å². The first kappa shape index (κ1) is 34.9. The highest BCUT2D eigenvalue weighted by molar-refractivity contribution is 5.96. The Morgan fingerprint density at radius 2 is 1.54 bits per heavy atom. The SMILES string of the molecule is CC.CC.CC.CNCc1ccc(OCc2ccccc2)c(F)c1C(C)=O.OCC1CCCCC1. The third kappa shape index (κ3) is 14.0. The minimum atomic E-state index is -0.591. The van der Waals surface area contributed by atoms with E-state index in [0.29, 0.717) is 24.6 Å². The van der Waals surface area contributed by atoms with Gasteiger partial charge in [0, 0.05) is 13.2 Å². The lowest BCUT2D eigenvalue weighted by atomic mass is 9.90. The van der Waals surface area contributed by atoms with Crippen LogP contribution in [-0.2, 0) is 13.2 Å². The molecule has 0 atom stereocenters. The first-order valence-electron chi connectivity index (χ1n) is 13.3. The maximum atomic E-state index is 14.4. The molecule has 200 valence electrons. The Bertz CT molecular complexity index is 760. The van der Waals surface area contributed by atoms with Crippen LogP contribution < -0.4 is 10.1 Å². The van der Waals surface area contributed by atoms with Crippen molar-refractivity contribution in [3.05, 3.63) is 65.0 Å². The standard InChI is InChI=1S/C17H18FNO2.C7H14O.3C2H6/c1-12(20)16-14(10-19-2)8-9-15(17(16)18)21-11-13-6-4-3-5-7-13;8-6-7-4-2-1-3-5-7;3*1-2/h3-9,19H,10-11H2,1-2H3;7-8H,1-6H2;3*1-2H3. The zero-order valence-corrected chi connectivity index (χ0v) is 23.4. The zero-order valence-electron chi connectivity index (χ0n) is 23.4. The fraction of sp³-hybridized carbons (Fsp3) is 0.567. The van der Waals surface area contributed by atoms with Crippen molar-refractivity contribution in [2.24, 2.45) is 5.92 Å². The van der Waals surface area contributed by atoms with Crippen LogP contribution in [0.1, 0.15) is 102 Å². The molecule has 0 unspecified atom stereocenters. The monoisotopic (exact) mass is 491 g/mol. The van der Waals surface area contributed by atoms with Gasteiger partial charge in [0.15, 0.2) is 17.3 Å². The molecule has 2 N–H and O–H groups in total. The van der Waals surface area contributed by atoms with Crippen molar-refractivity contribution in [2.45, 2.75) is 93.7 Å². The number of aliphatic hydroxyl groups is 1. The van der Waals surface area contributed by atoms with Gasteiger partial charge in [-0.1, -0.05) is 97.2 Å². The van der Waals surface area contributed by atoms with Crippen molar-refractivity contribution < 1.29 is 19.0 Å². The number of halogens is 1. The number of carbonyl (C=O) groups excluding carboxylic acids is 1. The van der Waals surface area contributed by atoms with Crippen LogP contribution >= 0.6 is 0 Å². The van der Waals surface area contributed by atoms with Gasteiger partial charge in [-0.05, 0) is 49.9 Å². The van der Waals surface area contributed by atoms with Crippen LogP contribution in [0.25, 0.3) is 0 Å². The van der Waals surface area contributed by atoms with Crippen LogP contribution in [0.15, 0.2) is 42.5 Å². The molecule has 1 fully saturated rings. The Morgan fingerprint density at radius 3 is 2.00 bits per heavy atom. The molecule has 2 aromatic carbocycles. The van der Waals surface area contributed by atoms with Gasteiger partial charge in [0.2, 0.25) is 0 Å². The van der Waals surface area contributed by atoms with E-state index in [-0.39, 0.29) is 23.7 Å². The lowest BCUT2D eigenvalue weighted by molar-refractivity contribution is 0.101. The second kappa shape index (κ2) is 23.5. The Kier molecular flexibility index (Phi) is 23.4. The largest absolute Gasteiger partial charge is 0.486 e. The molecule has 0 aliphatic heterocycles. The summed E-state index contributed by atoms with van der Waals surface area (Å²) in [6.07, 6.45) is 6.58. The molecule has 1 saturated carbocycles. The van der Waals surface area contributed by atoms with E-state index < -0.39 is 5.82 Å². The smallest absolute Gasteiger partial charge is 0.176 e. The quantitative estimate of drug-likeness (QED) is 0.386. The number of nitrogens with one attached hydrogen (secondary N) is 1. The number of rotatable bonds is 7. The lowest BCUT2D eigenvalue weighted by Gasteiger charge is -2.18. The molecule has 4 nitrogen and oxygen atoms in total. The highest BCUT2D eigenvalue weighted by Crippen LogP contribution is 2.25. The summed E-state index contributed by atoms with van der Waals surface area (Å²) < 4.78 is 19.9. The van der Waals surface area contributed by atoms with Crippen molar-refractivity contribution in [2.75, 3.05) is 13.7 Å². The first-order valence-corrected chi connectivity index (χ1v) is 13.3. The summed E-state index contributed by atoms with van der Waals surface area (Å²) >= 11 is 0. The maximum absolute atomic E-state index is 14.4. The summed E-state index contributed by atoms with van der Waals surface area (Å²) in [6.45, 7) is 14.5. The summed E-state index contributed by atoms with van der Waals surface area (Å²) in [6, 6.07) is 12.8. The lowest BCUT2D eigenvalue weighted by Crippen LogP contribution is -2.12. The molecule has 0 spiro atoms. The van der Waals surface area contributed by atoms with Crippen LogP contribution in [0, 0.1) is 11.7 Å². The molecular weight excluding hydrogens is 441 g/mol. The summed E-state index contributed by atoms with van der Waals surface area (Å²) in [5.41, 5.74) is 1.67. The third-order valence-electron chi connectivity index (χ3n) is 5.13. The molecule has 0 heterocycles. The van der Waals surface area contributed by atoms with Gasteiger partial charge in [-0.2, -0.15) is 0 Å². The minimum absolute atomic E-state index is 0.0925. The van der Waals surface area contributed by atoms with E-state index in [1.807, 2.05) is 71.9 Å². The van der Waals surface area contributed by atoms with Crippen molar-refractivity contribution in [3.63, 3.8) is 0 Å². The van der Waals surface area contributed by atoms with Gasteiger partial charge in [-0.15, -0.1) is 0 Å². The number of benzene rings is 2. The van der Waals surface area contributed by atoms with Crippen LogP contribution in [0.3, 0.4) is 0 Å². The van der Waals surface area contributed by atoms with Gasteiger partial charge in [-0.3, -0.25) is 4.79 Å². The maximum Gasteiger partial charge on any atom is 0.176 e. The van der Waals surface area contributed by atoms with E-state index in [9.17, 15) is 9.18 Å². The molecule has 35 heavy (non-hydrogen) atoms. The molecule has 2 aromatic rings. The molecule has 1 aliphatic carbocycles. The number of ketones is 1. The third-order valence-corrected chi connectivity index (χ3v) is 5.13. The van der Waals surface area contributed by atoms with E-state index in [2.05, 4.69) is 5.32 Å². The number of aliphatic hydroxyl groups excluding tert-OH is 1. The molecular formula is C30H50FNO3. The second-order valence-electron chi connectivity index (χ2n) is 7.46. The number of hydrogen-bond acceptors (Lipinski definition) is 4. The summed E-state index contributed by atoms with van der Waals surface area (Å²) in [4.78, 5) is 11.7. The van der Waals surface area contributed by atoms with E-state index >= 15 is 0 Å². The van der Waals surface area contributed by atoms with E-state index in [4.69, 9.17) is 9.84 Å². The summed E-state index contributed by atoms with van der Waals surface area (Å²) in [5.74, 6) is -0.151. The van der Waals surface area contributed by atoms with E-state index in [1.54, 1.807) is 19.2 Å². The predicted molar refractivity (Wildman–Crippen MR) is 148 cm³/mol. The Labute approximate surface area is 214 Å². The van der Waals surface area contributed by atoms with Gasteiger partial charge in [-0.25, -0.2) is 4.39 Å². The summed E-state index contributed by atoms with van der Waals surface area (Å²) in [7, 11) is 1.75. The highest BCUT2D eigenvalue weighted by Gasteiger charge is 2.17. The van der Waals surface area contributed by atoms with E-state index in [1.165, 1.54) is 39.0 Å². The van der Waals surface area contributed by atoms with Crippen LogP contribution in [-0.4, -0.2) is 24.5 Å². The Morgan fingerprint density at radius 1 is 0.971 bits per heavy atom. The first-order chi connectivity index (χ1) is 17.1. The highest BCUT2D eigenvalue weighted by atomic mass is 19.1. The molecule has 0 amide bonds. The normalized spacial score (nSPS) is 12.2.